The van der Waals surface area contributed by atoms with Crippen LogP contribution in [0.1, 0.15) is 50.9 Å². The van der Waals surface area contributed by atoms with Gasteiger partial charge in [0, 0.05) is 61.4 Å². The molecule has 1 saturated heterocycles. The van der Waals surface area contributed by atoms with Crippen molar-refractivity contribution in [1.82, 2.24) is 25.0 Å². The molecule has 18 heteroatoms. The van der Waals surface area contributed by atoms with E-state index in [9.17, 15) is 38.3 Å². The van der Waals surface area contributed by atoms with Crippen molar-refractivity contribution in [3.8, 4) is 11.1 Å². The number of nitrogens with two attached hydrogens (primary N) is 2. The van der Waals surface area contributed by atoms with E-state index in [0.717, 1.165) is 40.4 Å². The summed E-state index contributed by atoms with van der Waals surface area (Å²) in [6, 6.07) is 11.2. The second-order valence-electron chi connectivity index (χ2n) is 14.7. The number of imide groups is 1. The molecule has 0 spiro atoms. The maximum atomic E-state index is 15.0. The number of nitrogens with zero attached hydrogens (tertiary/aromatic N) is 3. The number of carboxylic acid groups (broad SMARTS) is 1. The number of amides is 5. The van der Waals surface area contributed by atoms with Crippen LogP contribution >= 0.6 is 11.8 Å². The van der Waals surface area contributed by atoms with Gasteiger partial charge in [0.2, 0.25) is 29.5 Å². The number of aliphatic carboxylic acids is 1. The summed E-state index contributed by atoms with van der Waals surface area (Å²) in [7, 11) is 0. The first-order valence-electron chi connectivity index (χ1n) is 18.2. The minimum atomic E-state index is -1.24. The number of aliphatic hydroxyl groups is 1. The summed E-state index contributed by atoms with van der Waals surface area (Å²) in [5.74, 6) is -5.66. The molecule has 0 aliphatic carbocycles. The highest BCUT2D eigenvalue weighted by Crippen LogP contribution is 2.41. The summed E-state index contributed by atoms with van der Waals surface area (Å²) in [5, 5.41) is 23.3. The molecule has 3 aromatic rings. The van der Waals surface area contributed by atoms with E-state index in [1.807, 2.05) is 55.7 Å². The third-order valence-electron chi connectivity index (χ3n) is 9.30. The van der Waals surface area contributed by atoms with Crippen LogP contribution in [0.4, 0.5) is 8.78 Å². The van der Waals surface area contributed by atoms with Gasteiger partial charge < -0.3 is 41.8 Å². The summed E-state index contributed by atoms with van der Waals surface area (Å²) >= 11 is 0.934. The third kappa shape index (κ3) is 11.9. The van der Waals surface area contributed by atoms with E-state index in [1.165, 1.54) is 4.90 Å². The number of nitrogens with one attached hydrogen (secondary N) is 2. The topological polar surface area (TPSA) is 230 Å². The monoisotopic (exact) mass is 813 g/mol. The molecule has 2 aromatic carbocycles. The Morgan fingerprint density at radius 3 is 2.33 bits per heavy atom. The molecular formula is C39H49F2N7O8S. The number of carboxylic acids is 1. The van der Waals surface area contributed by atoms with Crippen LogP contribution in [0.2, 0.25) is 0 Å². The molecular weight excluding hydrogens is 765 g/mol. The van der Waals surface area contributed by atoms with Gasteiger partial charge in [-0.15, -0.1) is 11.8 Å². The fraction of sp³-hybridized carbons (Fsp3) is 0.436. The van der Waals surface area contributed by atoms with Crippen molar-refractivity contribution >= 4 is 47.3 Å². The van der Waals surface area contributed by atoms with Crippen LogP contribution in [-0.2, 0) is 35.3 Å². The molecule has 1 aliphatic rings. The molecule has 4 atom stereocenters. The molecule has 4 rings (SSSR count). The van der Waals surface area contributed by atoms with Crippen molar-refractivity contribution in [1.29, 1.82) is 0 Å². The van der Waals surface area contributed by atoms with E-state index < -0.39 is 89.1 Å². The van der Waals surface area contributed by atoms with E-state index in [4.69, 9.17) is 16.6 Å². The largest absolute Gasteiger partial charge is 0.480 e. The quantitative estimate of drug-likeness (QED) is 0.0753. The maximum absolute atomic E-state index is 15.0. The van der Waals surface area contributed by atoms with Gasteiger partial charge in [-0.3, -0.25) is 33.7 Å². The Balaban J connectivity index is 1.40. The summed E-state index contributed by atoms with van der Waals surface area (Å²) in [6.07, 6.45) is 1.47. The number of carbonyl (C=O) groups is 6. The number of aliphatic hydroxyl groups excluding tert-OH is 1. The molecule has 15 nitrogen and oxygen atoms in total. The van der Waals surface area contributed by atoms with E-state index in [1.54, 1.807) is 12.3 Å². The van der Waals surface area contributed by atoms with Gasteiger partial charge in [0.15, 0.2) is 0 Å². The highest BCUT2D eigenvalue weighted by molar-refractivity contribution is 8.00. The molecule has 308 valence electrons. The Labute approximate surface area is 333 Å². The van der Waals surface area contributed by atoms with Gasteiger partial charge in [-0.25, -0.2) is 8.78 Å². The van der Waals surface area contributed by atoms with E-state index in [0.29, 0.717) is 17.8 Å². The lowest BCUT2D eigenvalue weighted by Gasteiger charge is -2.41. The van der Waals surface area contributed by atoms with Gasteiger partial charge in [-0.1, -0.05) is 51.1 Å². The first-order valence-corrected chi connectivity index (χ1v) is 19.3. The zero-order valence-corrected chi connectivity index (χ0v) is 32.8. The van der Waals surface area contributed by atoms with Crippen LogP contribution < -0.4 is 22.1 Å². The fourth-order valence-electron chi connectivity index (χ4n) is 6.47. The highest BCUT2D eigenvalue weighted by Gasteiger charge is 2.40. The Bertz CT molecular complexity index is 1940. The second-order valence-corrected chi connectivity index (χ2v) is 16.0. The normalized spacial score (nSPS) is 15.9. The lowest BCUT2D eigenvalue weighted by molar-refractivity contribution is -0.142. The fourth-order valence-corrected chi connectivity index (χ4v) is 7.58. The van der Waals surface area contributed by atoms with Crippen molar-refractivity contribution in [2.75, 3.05) is 38.5 Å². The van der Waals surface area contributed by atoms with E-state index in [2.05, 4.69) is 10.6 Å². The van der Waals surface area contributed by atoms with Crippen molar-refractivity contribution in [2.45, 2.75) is 63.5 Å². The van der Waals surface area contributed by atoms with Gasteiger partial charge in [-0.2, -0.15) is 0 Å². The van der Waals surface area contributed by atoms with Crippen LogP contribution in [0.3, 0.4) is 0 Å². The molecule has 1 fully saturated rings. The summed E-state index contributed by atoms with van der Waals surface area (Å²) < 4.78 is 31.2. The van der Waals surface area contributed by atoms with Crippen LogP contribution in [0.15, 0.2) is 60.8 Å². The number of hydrogen-bond donors (Lipinski definition) is 6. The lowest BCUT2D eigenvalue weighted by atomic mass is 9.82. The summed E-state index contributed by atoms with van der Waals surface area (Å²) in [5.41, 5.74) is 12.9. The number of hydrogen-bond acceptors (Lipinski definition) is 10. The number of rotatable bonds is 19. The average Bonchev–Trinajstić information content (AvgIpc) is 3.68. The predicted molar refractivity (Wildman–Crippen MR) is 208 cm³/mol. The number of benzene rings is 2. The van der Waals surface area contributed by atoms with E-state index in [-0.39, 0.29) is 43.8 Å². The Hall–Kier alpha value is -5.17. The molecule has 5 amide bonds. The molecule has 2 unspecified atom stereocenters. The molecule has 0 radical (unpaired) electrons. The number of aromatic nitrogens is 1. The molecule has 2 heterocycles. The molecule has 1 aromatic heterocycles. The van der Waals surface area contributed by atoms with Gasteiger partial charge in [-0.05, 0) is 41.7 Å². The first kappa shape index (κ1) is 44.5. The standard InChI is InChI=1S/C39H49F2N7O8S/c1-39(2,3)35(30-15-24(26-16-25(40)9-10-27(26)41)19-46(30)18-23-7-5-4-6-8-23)47(34(52)21-49)14-11-28(42)36(53)45-13-12-44-32(50)20-48-33(51)17-31(37(48)54)57-22-29(43)38(55)56/h4-10,15-16,19,28-29,31,35,49H,11-14,17-18,20-22,42-43H2,1-3H3,(H,44,50)(H,45,53)(H,55,56)/t28-,29-,31?,35?/m0/s1. The van der Waals surface area contributed by atoms with Gasteiger partial charge in [0.25, 0.3) is 0 Å². The maximum Gasteiger partial charge on any atom is 0.321 e. The number of carbonyl (C=O) groups excluding carboxylic acids is 5. The molecule has 0 bridgehead atoms. The number of likely N-dealkylation sites (tertiary alicyclic amines) is 1. The first-order chi connectivity index (χ1) is 26.9. The summed E-state index contributed by atoms with van der Waals surface area (Å²) in [6.45, 7) is 4.43. The smallest absolute Gasteiger partial charge is 0.321 e. The van der Waals surface area contributed by atoms with Crippen LogP contribution in [0.25, 0.3) is 11.1 Å². The Kier molecular flexibility index (Phi) is 15.5. The second kappa shape index (κ2) is 19.8. The average molecular weight is 814 g/mol. The van der Waals surface area contributed by atoms with Gasteiger partial charge in [0.1, 0.15) is 30.8 Å². The predicted octanol–water partition coefficient (Wildman–Crippen LogP) is 1.61. The van der Waals surface area contributed by atoms with Crippen molar-refractivity contribution in [3.63, 3.8) is 0 Å². The van der Waals surface area contributed by atoms with Gasteiger partial charge >= 0.3 is 5.97 Å². The molecule has 8 N–H and O–H groups in total. The SMILES string of the molecule is CC(C)(C)C(c1cc(-c2cc(F)ccc2F)cn1Cc1ccccc1)N(CC[C@H](N)C(=O)NCCNC(=O)CN1C(=O)CC(SC[C@H](N)C(=O)O)C1=O)C(=O)CO. The lowest BCUT2D eigenvalue weighted by Crippen LogP contribution is -2.48. The Morgan fingerprint density at radius 2 is 1.68 bits per heavy atom. The number of halogens is 2. The minimum Gasteiger partial charge on any atom is -0.480 e. The highest BCUT2D eigenvalue weighted by atomic mass is 32.2. The van der Waals surface area contributed by atoms with Crippen molar-refractivity contribution < 1.29 is 47.8 Å². The van der Waals surface area contributed by atoms with Crippen LogP contribution in [0, 0.1) is 17.0 Å². The van der Waals surface area contributed by atoms with Crippen molar-refractivity contribution in [2.24, 2.45) is 16.9 Å². The van der Waals surface area contributed by atoms with Crippen LogP contribution in [-0.4, -0.2) is 116 Å². The number of thioether (sulfide) groups is 1. The minimum absolute atomic E-state index is 0.0307. The molecule has 57 heavy (non-hydrogen) atoms. The third-order valence-corrected chi connectivity index (χ3v) is 10.6. The summed E-state index contributed by atoms with van der Waals surface area (Å²) in [4.78, 5) is 77.1. The Morgan fingerprint density at radius 1 is 1.00 bits per heavy atom. The van der Waals surface area contributed by atoms with Gasteiger partial charge in [0.05, 0.1) is 17.3 Å². The van der Waals surface area contributed by atoms with Crippen molar-refractivity contribution in [3.05, 3.63) is 83.7 Å². The molecule has 0 saturated carbocycles. The zero-order valence-electron chi connectivity index (χ0n) is 32.0. The van der Waals surface area contributed by atoms with Crippen LogP contribution in [0.5, 0.6) is 0 Å². The van der Waals surface area contributed by atoms with E-state index >= 15 is 4.39 Å². The molecule has 1 aliphatic heterocycles. The zero-order chi connectivity index (χ0) is 42.0.